The molecule has 14 heavy (non-hydrogen) atoms. The van der Waals surface area contributed by atoms with Crippen LogP contribution in [0.5, 0.6) is 11.5 Å². The van der Waals surface area contributed by atoms with Crippen LogP contribution in [-0.2, 0) is 0 Å². The first-order valence-electron chi connectivity index (χ1n) is 2.72. The van der Waals surface area contributed by atoms with Crippen LogP contribution < -0.4 is 69.6 Å². The van der Waals surface area contributed by atoms with E-state index < -0.39 is 33.2 Å². The Bertz CT molecular complexity index is 478. The van der Waals surface area contributed by atoms with Gasteiger partial charge in [0.05, 0.1) is 0 Å². The van der Waals surface area contributed by atoms with E-state index in [1.165, 1.54) is 0 Å². The molecule has 0 atom stereocenters. The van der Waals surface area contributed by atoms with E-state index >= 15 is 0 Å². The molecule has 62 valence electrons. The molecule has 0 spiro atoms. The molecular weight excluding hydrogens is 182 g/mol. The average molecular weight is 182 g/mol. The van der Waals surface area contributed by atoms with Crippen LogP contribution in [0.4, 0.5) is 0 Å². The first-order valence-corrected chi connectivity index (χ1v) is 2.72. The van der Waals surface area contributed by atoms with Crippen molar-refractivity contribution in [2.45, 2.75) is 0 Å². The summed E-state index contributed by atoms with van der Waals surface area (Å²) in [6, 6.07) is 0. The van der Waals surface area contributed by atoms with Crippen molar-refractivity contribution in [3.63, 3.8) is 0 Å². The van der Waals surface area contributed by atoms with Gasteiger partial charge in [-0.25, -0.2) is 0 Å². The van der Waals surface area contributed by atoms with Gasteiger partial charge in [0.2, 0.25) is 10.9 Å². The van der Waals surface area contributed by atoms with Crippen molar-refractivity contribution < 1.29 is 47.9 Å². The van der Waals surface area contributed by atoms with Crippen LogP contribution in [0.1, 0.15) is 0 Å². The van der Waals surface area contributed by atoms with Crippen molar-refractivity contribution in [3.8, 4) is 11.5 Å². The summed E-state index contributed by atoms with van der Waals surface area (Å²) in [7, 11) is 0. The van der Waals surface area contributed by atoms with Gasteiger partial charge in [-0.3, -0.25) is 19.2 Å². The van der Waals surface area contributed by atoms with E-state index in [9.17, 15) is 29.4 Å². The molecule has 0 radical (unpaired) electrons. The fraction of sp³-hybridized carbons (Fsp3) is 0. The van der Waals surface area contributed by atoms with Crippen molar-refractivity contribution in [2.24, 2.45) is 0 Å². The maximum Gasteiger partial charge on any atom is 1.00 e. The quantitative estimate of drug-likeness (QED) is 0.290. The molecule has 0 amide bonds. The Morgan fingerprint density at radius 2 is 0.786 bits per heavy atom. The van der Waals surface area contributed by atoms with Crippen LogP contribution in [0, 0.1) is 0 Å². The predicted octanol–water partition coefficient (Wildman–Crippen LogP) is -9.84. The summed E-state index contributed by atoms with van der Waals surface area (Å²) in [6.07, 6.45) is 0. The Kier molecular flexibility index (Phi) is 5.80. The molecule has 6 nitrogen and oxygen atoms in total. The molecule has 0 aliphatic heterocycles. The van der Waals surface area contributed by atoms with Crippen molar-refractivity contribution in [2.75, 3.05) is 0 Å². The van der Waals surface area contributed by atoms with E-state index in [1.807, 2.05) is 0 Å². The number of benzene rings is 1. The predicted molar refractivity (Wildman–Crippen MR) is 32.8 cm³/mol. The van der Waals surface area contributed by atoms with Gasteiger partial charge in [-0.05, 0) is 0 Å². The molecule has 0 heterocycles. The molecule has 1 rings (SSSR count). The fourth-order valence-corrected chi connectivity index (χ4v) is 0.619. The molecule has 0 fully saturated rings. The maximum atomic E-state index is 10.4. The van der Waals surface area contributed by atoms with Crippen LogP contribution in [-0.4, -0.2) is 0 Å². The van der Waals surface area contributed by atoms with Gasteiger partial charge in [0.15, 0.2) is 0 Å². The standard InChI is InChI=1S/C6H2O6.2Li/c7-1-2(8)4(10)6(12)5(11)3(1)9;;/h7-8H;;/q;2*+1/p-2. The Morgan fingerprint density at radius 3 is 1.00 bits per heavy atom. The maximum absolute atomic E-state index is 10.4. The summed E-state index contributed by atoms with van der Waals surface area (Å²) in [5, 5.41) is 20.8. The fourth-order valence-electron chi connectivity index (χ4n) is 0.619. The summed E-state index contributed by atoms with van der Waals surface area (Å²) in [6.45, 7) is 0. The normalized spacial score (nSPS) is 8.57. The van der Waals surface area contributed by atoms with Gasteiger partial charge < -0.3 is 10.2 Å². The third kappa shape index (κ3) is 2.17. The van der Waals surface area contributed by atoms with E-state index in [1.54, 1.807) is 0 Å². The largest absolute Gasteiger partial charge is 1.00 e. The van der Waals surface area contributed by atoms with Crippen LogP contribution in [0.25, 0.3) is 0 Å². The molecule has 0 aromatic heterocycles. The van der Waals surface area contributed by atoms with Gasteiger partial charge in [0, 0.05) is 0 Å². The zero-order chi connectivity index (χ0) is 9.46. The van der Waals surface area contributed by atoms with E-state index in [0.29, 0.717) is 0 Å². The summed E-state index contributed by atoms with van der Waals surface area (Å²) in [4.78, 5) is 41.6. The third-order valence-electron chi connectivity index (χ3n) is 1.24. The summed E-state index contributed by atoms with van der Waals surface area (Å²) in [5.41, 5.74) is -6.93. The number of hydrogen-bond acceptors (Lipinski definition) is 6. The molecule has 0 saturated heterocycles. The van der Waals surface area contributed by atoms with Crippen molar-refractivity contribution in [1.29, 1.82) is 0 Å². The van der Waals surface area contributed by atoms with Crippen molar-refractivity contribution in [1.82, 2.24) is 0 Å². The van der Waals surface area contributed by atoms with Crippen molar-refractivity contribution in [3.05, 3.63) is 40.9 Å². The zero-order valence-electron chi connectivity index (χ0n) is 7.45. The number of hydrogen-bond donors (Lipinski definition) is 0. The molecule has 0 aliphatic carbocycles. The van der Waals surface area contributed by atoms with Crippen LogP contribution in [0.3, 0.4) is 0 Å². The van der Waals surface area contributed by atoms with Crippen LogP contribution in [0.15, 0.2) is 19.2 Å². The first kappa shape index (κ1) is 15.7. The van der Waals surface area contributed by atoms with Gasteiger partial charge in [0.25, 0.3) is 10.9 Å². The van der Waals surface area contributed by atoms with Gasteiger partial charge in [-0.2, -0.15) is 0 Å². The third-order valence-corrected chi connectivity index (χ3v) is 1.24. The Balaban J connectivity index is 0. The van der Waals surface area contributed by atoms with Gasteiger partial charge in [-0.1, -0.05) is 11.5 Å². The SMILES string of the molecule is O=c1c([O-])c([O-])c(=O)c(=O)c1=O.[Li+].[Li+]. The molecular formula is C6Li2O6. The van der Waals surface area contributed by atoms with Gasteiger partial charge in [0.1, 0.15) is 0 Å². The molecule has 1 aromatic carbocycles. The Labute approximate surface area is 100 Å². The molecule has 0 bridgehead atoms. The number of rotatable bonds is 0. The minimum Gasteiger partial charge on any atom is -0.870 e. The molecule has 0 unspecified atom stereocenters. The second-order valence-corrected chi connectivity index (χ2v) is 1.97. The smallest absolute Gasteiger partial charge is 0.870 e. The average Bonchev–Trinajstić information content (AvgIpc) is 2.08. The molecule has 0 saturated carbocycles. The minimum atomic E-state index is -1.73. The zero-order valence-corrected chi connectivity index (χ0v) is 7.45. The second kappa shape index (κ2) is 5.18. The summed E-state index contributed by atoms with van der Waals surface area (Å²) < 4.78 is 0. The molecule has 1 aromatic rings. The minimum absolute atomic E-state index is 0. The summed E-state index contributed by atoms with van der Waals surface area (Å²) >= 11 is 0. The van der Waals surface area contributed by atoms with Crippen molar-refractivity contribution >= 4 is 0 Å². The van der Waals surface area contributed by atoms with Crippen LogP contribution >= 0.6 is 0 Å². The van der Waals surface area contributed by atoms with E-state index in [0.717, 1.165) is 0 Å². The Hall–Kier alpha value is -0.785. The van der Waals surface area contributed by atoms with E-state index in [2.05, 4.69) is 0 Å². The first-order chi connectivity index (χ1) is 5.46. The molecule has 8 heteroatoms. The summed E-state index contributed by atoms with van der Waals surface area (Å²) in [5.74, 6) is -3.46. The molecule has 0 aliphatic rings. The monoisotopic (exact) mass is 182 g/mol. The second-order valence-electron chi connectivity index (χ2n) is 1.97. The van der Waals surface area contributed by atoms with Gasteiger partial charge >= 0.3 is 37.7 Å². The van der Waals surface area contributed by atoms with E-state index in [-0.39, 0.29) is 37.7 Å². The van der Waals surface area contributed by atoms with Gasteiger partial charge in [-0.15, -0.1) is 0 Å². The Morgan fingerprint density at radius 1 is 0.571 bits per heavy atom. The van der Waals surface area contributed by atoms with E-state index in [4.69, 9.17) is 0 Å². The van der Waals surface area contributed by atoms with Crippen LogP contribution in [0.2, 0.25) is 0 Å². The molecule has 0 N–H and O–H groups in total. The topological polar surface area (TPSA) is 114 Å².